The largest absolute Gasteiger partial charge is 0.346 e. The second-order valence-electron chi connectivity index (χ2n) is 12.4. The van der Waals surface area contributed by atoms with Gasteiger partial charge in [0, 0.05) is 30.1 Å². The summed E-state index contributed by atoms with van der Waals surface area (Å²) in [5, 5.41) is 24.5. The van der Waals surface area contributed by atoms with Crippen molar-refractivity contribution in [1.29, 1.82) is 10.5 Å². The first-order chi connectivity index (χ1) is 23.8. The highest BCUT2D eigenvalue weighted by Gasteiger charge is 2.28. The van der Waals surface area contributed by atoms with Crippen molar-refractivity contribution in [3.63, 3.8) is 0 Å². The number of aromatic nitrogens is 3. The number of hydrogen-bond acceptors (Lipinski definition) is 7. The Kier molecular flexibility index (Phi) is 13.1. The zero-order chi connectivity index (χ0) is 33.4. The summed E-state index contributed by atoms with van der Waals surface area (Å²) in [6, 6.07) is 13.2. The Hall–Kier alpha value is -5.08. The lowest BCUT2D eigenvalue weighted by molar-refractivity contribution is 0.476. The normalized spacial score (nSPS) is 15.2. The summed E-state index contributed by atoms with van der Waals surface area (Å²) in [7, 11) is 0. The fraction of sp³-hybridized carbons (Fsp3) is 0.400. The maximum Gasteiger partial charge on any atom is 0.206 e. The number of nitrogens with zero attached hydrogens (tertiary/aromatic N) is 8. The Balaban J connectivity index is 1.36. The van der Waals surface area contributed by atoms with E-state index in [0.717, 1.165) is 18.7 Å². The second-order valence-corrected chi connectivity index (χ2v) is 12.4. The van der Waals surface area contributed by atoms with E-state index in [4.69, 9.17) is 9.97 Å². The van der Waals surface area contributed by atoms with E-state index in [1.54, 1.807) is 6.20 Å². The molecule has 1 aliphatic heterocycles. The third-order valence-corrected chi connectivity index (χ3v) is 8.95. The standard InChI is InChI=1S/C40H45N8/c1-2-3-4-5-6-7-8-9-10-11-12-13-14-20-27-48-28-21-18-25-34(48)38-37(33-24-17-19-26-43-33)46-39-35(44-29-41)31-22-15-16-23-32(31)36(45-30-42)40(39)47-38/h15-19,21-26,28H,2-14,20,27H2,1H3/b38-34-,45-36?. The zero-order valence-corrected chi connectivity index (χ0v) is 28.1. The summed E-state index contributed by atoms with van der Waals surface area (Å²) in [4.78, 5) is 21.3. The van der Waals surface area contributed by atoms with Crippen LogP contribution in [0.25, 0.3) is 22.8 Å². The number of allylic oxidation sites excluding steroid dienone is 2. The molecule has 0 fully saturated rings. The molecule has 5 rings (SSSR count). The van der Waals surface area contributed by atoms with Crippen molar-refractivity contribution in [2.45, 2.75) is 96.8 Å². The van der Waals surface area contributed by atoms with Crippen LogP contribution in [-0.2, 0) is 0 Å². The molecule has 0 saturated carbocycles. The van der Waals surface area contributed by atoms with Crippen LogP contribution in [0.4, 0.5) is 0 Å². The monoisotopic (exact) mass is 637 g/mol. The van der Waals surface area contributed by atoms with Crippen LogP contribution >= 0.6 is 0 Å². The van der Waals surface area contributed by atoms with Gasteiger partial charge in [-0.3, -0.25) is 4.98 Å². The summed E-state index contributed by atoms with van der Waals surface area (Å²) in [6.45, 7) is 3.12. The van der Waals surface area contributed by atoms with E-state index < -0.39 is 0 Å². The predicted octanol–water partition coefficient (Wildman–Crippen LogP) is 7.39. The van der Waals surface area contributed by atoms with E-state index in [1.807, 2.05) is 67.0 Å². The lowest BCUT2D eigenvalue weighted by Gasteiger charge is -2.25. The van der Waals surface area contributed by atoms with Crippen molar-refractivity contribution in [1.82, 2.24) is 25.2 Å². The summed E-state index contributed by atoms with van der Waals surface area (Å²) in [5.74, 6) is 0. The van der Waals surface area contributed by atoms with E-state index in [1.165, 1.54) is 83.5 Å². The summed E-state index contributed by atoms with van der Waals surface area (Å²) in [5.41, 5.74) is 4.75. The molecule has 1 aliphatic carbocycles. The molecule has 3 aromatic rings. The van der Waals surface area contributed by atoms with E-state index in [-0.39, 0.29) is 0 Å². The van der Waals surface area contributed by atoms with Gasteiger partial charge in [-0.15, -0.1) is 0 Å². The highest BCUT2D eigenvalue weighted by molar-refractivity contribution is 6.16. The fourth-order valence-electron chi connectivity index (χ4n) is 6.47. The summed E-state index contributed by atoms with van der Waals surface area (Å²) < 4.78 is 0. The van der Waals surface area contributed by atoms with Crippen LogP contribution in [0.3, 0.4) is 0 Å². The Labute approximate surface area is 285 Å². The number of aliphatic imine (C=N–C) groups is 1. The van der Waals surface area contributed by atoms with Crippen LogP contribution in [0.1, 0.15) is 114 Å². The third-order valence-electron chi connectivity index (χ3n) is 8.95. The molecular weight excluding hydrogens is 592 g/mol. The Morgan fingerprint density at radius 1 is 0.688 bits per heavy atom. The first-order valence-corrected chi connectivity index (χ1v) is 17.6. The van der Waals surface area contributed by atoms with Gasteiger partial charge in [0.1, 0.15) is 33.5 Å². The molecule has 8 nitrogen and oxygen atoms in total. The Morgan fingerprint density at radius 2 is 1.33 bits per heavy atom. The molecule has 0 atom stereocenters. The van der Waals surface area contributed by atoms with Crippen molar-refractivity contribution in [2.75, 3.05) is 6.54 Å². The smallest absolute Gasteiger partial charge is 0.206 e. The predicted molar refractivity (Wildman–Crippen MR) is 191 cm³/mol. The fourth-order valence-corrected chi connectivity index (χ4v) is 6.47. The van der Waals surface area contributed by atoms with Crippen molar-refractivity contribution >= 4 is 17.1 Å². The number of pyridine rings is 1. The van der Waals surface area contributed by atoms with E-state index in [0.29, 0.717) is 50.3 Å². The first kappa shape index (κ1) is 34.3. The van der Waals surface area contributed by atoms with E-state index in [9.17, 15) is 10.5 Å². The Bertz CT molecular complexity index is 1830. The van der Waals surface area contributed by atoms with Gasteiger partial charge in [0.2, 0.25) is 12.4 Å². The first-order valence-electron chi connectivity index (χ1n) is 17.6. The highest BCUT2D eigenvalue weighted by atomic mass is 15.1. The van der Waals surface area contributed by atoms with Gasteiger partial charge in [-0.25, -0.2) is 9.97 Å². The molecular formula is C40H45N8. The number of unbranched alkanes of at least 4 members (excludes halogenated alkanes) is 13. The molecule has 0 spiro atoms. The van der Waals surface area contributed by atoms with Crippen molar-refractivity contribution in [3.8, 4) is 23.8 Å². The maximum absolute atomic E-state index is 9.68. The van der Waals surface area contributed by atoms with Crippen LogP contribution in [0.15, 0.2) is 78.1 Å². The summed E-state index contributed by atoms with van der Waals surface area (Å²) in [6.07, 6.45) is 32.3. The molecule has 245 valence electrons. The maximum atomic E-state index is 9.68. The molecule has 48 heavy (non-hydrogen) atoms. The van der Waals surface area contributed by atoms with Gasteiger partial charge in [0.05, 0.1) is 11.4 Å². The second kappa shape index (κ2) is 18.3. The molecule has 0 amide bonds. The molecule has 0 saturated heterocycles. The van der Waals surface area contributed by atoms with Gasteiger partial charge in [-0.1, -0.05) is 127 Å². The minimum absolute atomic E-state index is 0.402. The van der Waals surface area contributed by atoms with E-state index >= 15 is 0 Å². The average Bonchev–Trinajstić information content (AvgIpc) is 3.13. The van der Waals surface area contributed by atoms with Gasteiger partial charge < -0.3 is 4.90 Å². The van der Waals surface area contributed by atoms with Crippen LogP contribution in [-0.4, -0.2) is 32.1 Å². The number of hydrogen-bond donors (Lipinski definition) is 0. The van der Waals surface area contributed by atoms with Gasteiger partial charge in [0.15, 0.2) is 0 Å². The molecule has 0 bridgehead atoms. The van der Waals surface area contributed by atoms with E-state index in [2.05, 4.69) is 39.4 Å². The number of rotatable bonds is 17. The minimum atomic E-state index is 0.402. The van der Waals surface area contributed by atoms with Crippen LogP contribution < -0.4 is 16.0 Å². The molecule has 8 heteroatoms. The van der Waals surface area contributed by atoms with Crippen molar-refractivity contribution in [2.24, 2.45) is 4.99 Å². The van der Waals surface area contributed by atoms with Crippen LogP contribution in [0.5, 0.6) is 0 Å². The van der Waals surface area contributed by atoms with Gasteiger partial charge in [-0.2, -0.15) is 20.8 Å². The highest BCUT2D eigenvalue weighted by Crippen LogP contribution is 2.24. The number of benzene rings is 1. The molecule has 0 unspecified atom stereocenters. The molecule has 3 heterocycles. The quantitative estimate of drug-likeness (QED) is 0.113. The lowest BCUT2D eigenvalue weighted by atomic mass is 9.92. The van der Waals surface area contributed by atoms with Crippen molar-refractivity contribution in [3.05, 3.63) is 101 Å². The van der Waals surface area contributed by atoms with Gasteiger partial charge in [0.25, 0.3) is 0 Å². The molecule has 2 aliphatic rings. The molecule has 2 aromatic heterocycles. The third kappa shape index (κ3) is 8.63. The average molecular weight is 638 g/mol. The van der Waals surface area contributed by atoms with Gasteiger partial charge in [-0.05, 0) is 30.7 Å². The van der Waals surface area contributed by atoms with Crippen LogP contribution in [0.2, 0.25) is 0 Å². The topological polar surface area (TPSA) is 116 Å². The molecule has 1 radical (unpaired) electrons. The Morgan fingerprint density at radius 3 is 1.98 bits per heavy atom. The number of fused-ring (bicyclic) bond motifs is 2. The SMILES string of the molecule is CCCCCCCCCCCCCCCCN1C=CC=C/C1=c1/nc2c(nc1-c1ccccn1)=C([N]C#N)c1ccccc1C2=NC#N. The zero-order valence-electron chi connectivity index (χ0n) is 28.1. The molecule has 1 aromatic carbocycles. The van der Waals surface area contributed by atoms with Crippen molar-refractivity contribution < 1.29 is 0 Å². The minimum Gasteiger partial charge on any atom is -0.346 e. The summed E-state index contributed by atoms with van der Waals surface area (Å²) >= 11 is 0. The molecule has 0 N–H and O–H groups in total. The lowest BCUT2D eigenvalue weighted by Crippen LogP contribution is -2.39. The number of nitriles is 2. The van der Waals surface area contributed by atoms with Gasteiger partial charge >= 0.3 is 0 Å². The van der Waals surface area contributed by atoms with Crippen LogP contribution in [0, 0.1) is 22.9 Å².